The molecule has 0 saturated carbocycles. The first-order valence-corrected chi connectivity index (χ1v) is 6.01. The van der Waals surface area contributed by atoms with Crippen LogP contribution in [0.1, 0.15) is 6.42 Å². The highest BCUT2D eigenvalue weighted by Gasteiger charge is 2.45. The van der Waals surface area contributed by atoms with Crippen molar-refractivity contribution in [1.82, 2.24) is 0 Å². The molecule has 3 saturated heterocycles. The number of piperidine rings is 1. The first-order chi connectivity index (χ1) is 7.25. The lowest BCUT2D eigenvalue weighted by Crippen LogP contribution is -2.55. The van der Waals surface area contributed by atoms with Crippen LogP contribution in [0, 0.1) is 0 Å². The van der Waals surface area contributed by atoms with E-state index in [1.807, 2.05) is 29.2 Å². The number of thioether (sulfide) groups is 1. The molecular weight excluding hydrogens is 208 g/mol. The van der Waals surface area contributed by atoms with Gasteiger partial charge in [0.25, 0.3) is 0 Å². The predicted octanol–water partition coefficient (Wildman–Crippen LogP) is 1.49. The highest BCUT2D eigenvalue weighted by atomic mass is 32.2. The SMILES string of the molecule is Nc1ccccc1N1CC2CC(S2)C1=O. The second-order valence-corrected chi connectivity index (χ2v) is 5.50. The van der Waals surface area contributed by atoms with Gasteiger partial charge in [0, 0.05) is 11.8 Å². The number of carbonyl (C=O) groups excluding carboxylic acids is 1. The first-order valence-electron chi connectivity index (χ1n) is 5.07. The second-order valence-electron chi connectivity index (χ2n) is 3.99. The zero-order valence-corrected chi connectivity index (χ0v) is 9.04. The minimum absolute atomic E-state index is 0.184. The van der Waals surface area contributed by atoms with E-state index in [1.54, 1.807) is 11.8 Å². The topological polar surface area (TPSA) is 46.3 Å². The van der Waals surface area contributed by atoms with Crippen LogP contribution in [0.4, 0.5) is 11.4 Å². The van der Waals surface area contributed by atoms with Gasteiger partial charge in [0.05, 0.1) is 16.6 Å². The Morgan fingerprint density at radius 2 is 2.13 bits per heavy atom. The summed E-state index contributed by atoms with van der Waals surface area (Å²) in [4.78, 5) is 13.8. The summed E-state index contributed by atoms with van der Waals surface area (Å²) in [6.45, 7) is 0.814. The predicted molar refractivity (Wildman–Crippen MR) is 63.0 cm³/mol. The van der Waals surface area contributed by atoms with Crippen molar-refractivity contribution in [3.63, 3.8) is 0 Å². The molecule has 3 aliphatic rings. The molecule has 4 heteroatoms. The Labute approximate surface area is 92.6 Å². The van der Waals surface area contributed by atoms with Gasteiger partial charge in [-0.15, -0.1) is 11.8 Å². The molecule has 1 amide bonds. The summed E-state index contributed by atoms with van der Waals surface area (Å²) >= 11 is 1.80. The standard InChI is InChI=1S/C11H12N2OS/c12-8-3-1-2-4-9(8)13-6-7-5-10(15-7)11(13)14/h1-4,7,10H,5-6,12H2. The van der Waals surface area contributed by atoms with Crippen molar-refractivity contribution < 1.29 is 4.79 Å². The molecule has 3 fully saturated rings. The second kappa shape index (κ2) is 3.17. The van der Waals surface area contributed by atoms with Gasteiger partial charge in [-0.05, 0) is 18.6 Å². The summed E-state index contributed by atoms with van der Waals surface area (Å²) in [5.74, 6) is 0.223. The van der Waals surface area contributed by atoms with Crippen LogP contribution in [-0.4, -0.2) is 23.0 Å². The molecule has 2 atom stereocenters. The Morgan fingerprint density at radius 3 is 2.80 bits per heavy atom. The fourth-order valence-electron chi connectivity index (χ4n) is 2.15. The van der Waals surface area contributed by atoms with E-state index in [4.69, 9.17) is 5.73 Å². The van der Waals surface area contributed by atoms with Gasteiger partial charge in [0.2, 0.25) is 5.91 Å². The average Bonchev–Trinajstić information content (AvgIpc) is 2.17. The van der Waals surface area contributed by atoms with Crippen molar-refractivity contribution in [3.8, 4) is 0 Å². The van der Waals surface area contributed by atoms with Crippen molar-refractivity contribution in [2.24, 2.45) is 0 Å². The number of rotatable bonds is 1. The monoisotopic (exact) mass is 220 g/mol. The maximum absolute atomic E-state index is 12.0. The lowest BCUT2D eigenvalue weighted by Gasteiger charge is -2.45. The Hall–Kier alpha value is -1.16. The molecule has 2 unspecified atom stereocenters. The van der Waals surface area contributed by atoms with Crippen LogP contribution < -0.4 is 10.6 Å². The molecule has 0 spiro atoms. The van der Waals surface area contributed by atoms with E-state index in [2.05, 4.69) is 0 Å². The van der Waals surface area contributed by atoms with Gasteiger partial charge in [0.1, 0.15) is 0 Å². The third-order valence-electron chi connectivity index (χ3n) is 2.99. The van der Waals surface area contributed by atoms with Crippen LogP contribution in [0.2, 0.25) is 0 Å². The number of para-hydroxylation sites is 2. The van der Waals surface area contributed by atoms with E-state index in [0.717, 1.165) is 18.7 Å². The van der Waals surface area contributed by atoms with Crippen molar-refractivity contribution in [3.05, 3.63) is 24.3 Å². The fourth-order valence-corrected chi connectivity index (χ4v) is 3.39. The average molecular weight is 220 g/mol. The van der Waals surface area contributed by atoms with E-state index in [1.165, 1.54) is 0 Å². The zero-order valence-electron chi connectivity index (χ0n) is 8.22. The highest BCUT2D eigenvalue weighted by Crippen LogP contribution is 2.44. The fraction of sp³-hybridized carbons (Fsp3) is 0.364. The Bertz CT molecular complexity index is 415. The van der Waals surface area contributed by atoms with E-state index in [9.17, 15) is 4.79 Å². The van der Waals surface area contributed by atoms with Gasteiger partial charge in [-0.2, -0.15) is 0 Å². The van der Waals surface area contributed by atoms with Crippen molar-refractivity contribution in [2.75, 3.05) is 17.2 Å². The third-order valence-corrected chi connectivity index (χ3v) is 4.44. The van der Waals surface area contributed by atoms with Crippen LogP contribution in [0.25, 0.3) is 0 Å². The Balaban J connectivity index is 1.94. The van der Waals surface area contributed by atoms with Gasteiger partial charge in [-0.1, -0.05) is 12.1 Å². The van der Waals surface area contributed by atoms with Gasteiger partial charge in [-0.3, -0.25) is 4.79 Å². The van der Waals surface area contributed by atoms with E-state index in [0.29, 0.717) is 10.9 Å². The number of nitrogen functional groups attached to an aromatic ring is 1. The third kappa shape index (κ3) is 1.32. The maximum Gasteiger partial charge on any atom is 0.240 e. The van der Waals surface area contributed by atoms with Crippen LogP contribution >= 0.6 is 11.8 Å². The quantitative estimate of drug-likeness (QED) is 0.729. The number of benzene rings is 1. The molecule has 0 aromatic heterocycles. The van der Waals surface area contributed by atoms with Crippen molar-refractivity contribution >= 4 is 29.0 Å². The molecule has 0 radical (unpaired) electrons. The van der Waals surface area contributed by atoms with Gasteiger partial charge in [0.15, 0.2) is 0 Å². The van der Waals surface area contributed by atoms with Gasteiger partial charge < -0.3 is 10.6 Å². The van der Waals surface area contributed by atoms with E-state index >= 15 is 0 Å². The Kier molecular flexibility index (Phi) is 1.92. The first kappa shape index (κ1) is 9.09. The summed E-state index contributed by atoms with van der Waals surface area (Å²) in [5, 5.41) is 0.802. The normalized spacial score (nSPS) is 28.8. The minimum atomic E-state index is 0.184. The van der Waals surface area contributed by atoms with Crippen LogP contribution in [-0.2, 0) is 4.79 Å². The smallest absolute Gasteiger partial charge is 0.240 e. The molecule has 4 rings (SSSR count). The van der Waals surface area contributed by atoms with E-state index < -0.39 is 0 Å². The largest absolute Gasteiger partial charge is 0.397 e. The van der Waals surface area contributed by atoms with Gasteiger partial charge >= 0.3 is 0 Å². The molecule has 2 bridgehead atoms. The highest BCUT2D eigenvalue weighted by molar-refractivity contribution is 8.02. The Morgan fingerprint density at radius 1 is 1.40 bits per heavy atom. The number of nitrogens with two attached hydrogens (primary N) is 1. The molecule has 0 aliphatic carbocycles. The van der Waals surface area contributed by atoms with Crippen molar-refractivity contribution in [2.45, 2.75) is 16.9 Å². The van der Waals surface area contributed by atoms with Crippen LogP contribution in [0.3, 0.4) is 0 Å². The number of fused-ring (bicyclic) bond motifs is 2. The molecular formula is C11H12N2OS. The molecule has 1 aromatic rings. The minimum Gasteiger partial charge on any atom is -0.397 e. The summed E-state index contributed by atoms with van der Waals surface area (Å²) in [6.07, 6.45) is 1.05. The van der Waals surface area contributed by atoms with Gasteiger partial charge in [-0.25, -0.2) is 0 Å². The van der Waals surface area contributed by atoms with Crippen LogP contribution in [0.15, 0.2) is 24.3 Å². The molecule has 78 valence electrons. The molecule has 3 nitrogen and oxygen atoms in total. The summed E-state index contributed by atoms with van der Waals surface area (Å²) in [6, 6.07) is 7.58. The van der Waals surface area contributed by atoms with Crippen LogP contribution in [0.5, 0.6) is 0 Å². The number of amides is 1. The summed E-state index contributed by atoms with van der Waals surface area (Å²) in [7, 11) is 0. The van der Waals surface area contributed by atoms with E-state index in [-0.39, 0.29) is 11.2 Å². The number of nitrogens with zero attached hydrogens (tertiary/aromatic N) is 1. The molecule has 1 aromatic carbocycles. The van der Waals surface area contributed by atoms with Crippen molar-refractivity contribution in [1.29, 1.82) is 0 Å². The maximum atomic E-state index is 12.0. The number of anilines is 2. The number of hydrogen-bond donors (Lipinski definition) is 1. The molecule has 3 heterocycles. The number of carbonyl (C=O) groups is 1. The molecule has 15 heavy (non-hydrogen) atoms. The lowest BCUT2D eigenvalue weighted by atomic mass is 10.1. The molecule has 3 aliphatic heterocycles. The summed E-state index contributed by atoms with van der Waals surface area (Å²) in [5.41, 5.74) is 7.44. The number of hydrogen-bond acceptors (Lipinski definition) is 3. The summed E-state index contributed by atoms with van der Waals surface area (Å²) < 4.78 is 0. The lowest BCUT2D eigenvalue weighted by molar-refractivity contribution is -0.119. The molecule has 2 N–H and O–H groups in total. The zero-order chi connectivity index (χ0) is 10.4.